The van der Waals surface area contributed by atoms with Gasteiger partial charge >= 0.3 is 0 Å². The number of hydrogen-bond acceptors (Lipinski definition) is 1. The molecule has 0 N–H and O–H groups in total. The summed E-state index contributed by atoms with van der Waals surface area (Å²) in [6.45, 7) is 1.54. The van der Waals surface area contributed by atoms with Crippen LogP contribution in [0.15, 0.2) is 48.5 Å². The molecule has 0 aliphatic carbocycles. The van der Waals surface area contributed by atoms with E-state index in [4.69, 9.17) is 11.6 Å². The molecule has 2 aromatic carbocycles. The van der Waals surface area contributed by atoms with Gasteiger partial charge in [0.1, 0.15) is 5.82 Å². The molecule has 0 saturated heterocycles. The molecular formula is C15H15ClFN. The van der Waals surface area contributed by atoms with E-state index in [1.54, 1.807) is 12.1 Å². The van der Waals surface area contributed by atoms with E-state index in [-0.39, 0.29) is 5.82 Å². The van der Waals surface area contributed by atoms with E-state index >= 15 is 0 Å². The smallest absolute Gasteiger partial charge is 0.123 e. The van der Waals surface area contributed by atoms with Crippen LogP contribution < -0.4 is 0 Å². The zero-order valence-corrected chi connectivity index (χ0v) is 11.0. The molecule has 0 unspecified atom stereocenters. The van der Waals surface area contributed by atoms with Crippen molar-refractivity contribution in [1.82, 2.24) is 4.90 Å². The van der Waals surface area contributed by atoms with Crippen LogP contribution in [0.3, 0.4) is 0 Å². The lowest BCUT2D eigenvalue weighted by Gasteiger charge is -2.16. The molecule has 0 spiro atoms. The Morgan fingerprint density at radius 3 is 2.33 bits per heavy atom. The Balaban J connectivity index is 1.96. The van der Waals surface area contributed by atoms with Gasteiger partial charge < -0.3 is 0 Å². The van der Waals surface area contributed by atoms with Crippen LogP contribution >= 0.6 is 11.6 Å². The lowest BCUT2D eigenvalue weighted by atomic mass is 10.2. The Bertz CT molecular complexity index is 510. The van der Waals surface area contributed by atoms with Crippen molar-refractivity contribution < 1.29 is 4.39 Å². The van der Waals surface area contributed by atoms with E-state index in [0.29, 0.717) is 0 Å². The summed E-state index contributed by atoms with van der Waals surface area (Å²) in [6.07, 6.45) is 0. The van der Waals surface area contributed by atoms with Gasteiger partial charge in [0.05, 0.1) is 0 Å². The highest BCUT2D eigenvalue weighted by atomic mass is 35.5. The fourth-order valence-corrected chi connectivity index (χ4v) is 2.03. The van der Waals surface area contributed by atoms with Crippen LogP contribution in [-0.2, 0) is 13.1 Å². The lowest BCUT2D eigenvalue weighted by molar-refractivity contribution is 0.318. The quantitative estimate of drug-likeness (QED) is 0.802. The van der Waals surface area contributed by atoms with Crippen LogP contribution in [0, 0.1) is 5.82 Å². The van der Waals surface area contributed by atoms with Crippen molar-refractivity contribution in [1.29, 1.82) is 0 Å². The second kappa shape index (κ2) is 5.98. The van der Waals surface area contributed by atoms with Crippen molar-refractivity contribution in [3.63, 3.8) is 0 Å². The molecule has 0 radical (unpaired) electrons. The Hall–Kier alpha value is -1.38. The predicted octanol–water partition coefficient (Wildman–Crippen LogP) is 4.11. The first-order valence-electron chi connectivity index (χ1n) is 5.81. The molecule has 0 aromatic heterocycles. The maximum absolute atomic E-state index is 13.1. The van der Waals surface area contributed by atoms with E-state index in [9.17, 15) is 4.39 Å². The Kier molecular flexibility index (Phi) is 4.34. The third-order valence-electron chi connectivity index (χ3n) is 2.71. The molecule has 94 valence electrons. The second-order valence-electron chi connectivity index (χ2n) is 4.43. The van der Waals surface area contributed by atoms with Gasteiger partial charge in [0.15, 0.2) is 0 Å². The fourth-order valence-electron chi connectivity index (χ4n) is 1.90. The van der Waals surface area contributed by atoms with Crippen LogP contribution in [0.25, 0.3) is 0 Å². The molecule has 0 amide bonds. The van der Waals surface area contributed by atoms with E-state index < -0.39 is 0 Å². The lowest BCUT2D eigenvalue weighted by Crippen LogP contribution is -2.17. The maximum atomic E-state index is 13.1. The number of nitrogens with zero attached hydrogens (tertiary/aromatic N) is 1. The maximum Gasteiger partial charge on any atom is 0.123 e. The van der Waals surface area contributed by atoms with Gasteiger partial charge in [-0.3, -0.25) is 4.90 Å². The number of halogens is 2. The SMILES string of the molecule is CN(Cc1ccc(Cl)cc1)Cc1cccc(F)c1. The monoisotopic (exact) mass is 263 g/mol. The second-order valence-corrected chi connectivity index (χ2v) is 4.87. The van der Waals surface area contributed by atoms with Crippen molar-refractivity contribution in [2.24, 2.45) is 0 Å². The molecule has 0 aliphatic heterocycles. The zero-order valence-electron chi connectivity index (χ0n) is 10.2. The molecule has 0 fully saturated rings. The molecular weight excluding hydrogens is 249 g/mol. The topological polar surface area (TPSA) is 3.24 Å². The van der Waals surface area contributed by atoms with E-state index in [2.05, 4.69) is 4.90 Å². The summed E-state index contributed by atoms with van der Waals surface area (Å²) in [4.78, 5) is 2.14. The molecule has 1 nitrogen and oxygen atoms in total. The summed E-state index contributed by atoms with van der Waals surface area (Å²) in [5.74, 6) is -0.188. The van der Waals surface area contributed by atoms with Crippen molar-refractivity contribution in [3.05, 3.63) is 70.5 Å². The van der Waals surface area contributed by atoms with Crippen LogP contribution in [0.1, 0.15) is 11.1 Å². The molecule has 0 aliphatic rings. The van der Waals surface area contributed by atoms with E-state index in [0.717, 1.165) is 23.7 Å². The summed E-state index contributed by atoms with van der Waals surface area (Å²) in [7, 11) is 2.01. The Morgan fingerprint density at radius 2 is 1.67 bits per heavy atom. The van der Waals surface area contributed by atoms with Gasteiger partial charge in [-0.15, -0.1) is 0 Å². The summed E-state index contributed by atoms with van der Waals surface area (Å²) in [6, 6.07) is 14.5. The van der Waals surface area contributed by atoms with Crippen LogP contribution in [-0.4, -0.2) is 11.9 Å². The summed E-state index contributed by atoms with van der Waals surface area (Å²) < 4.78 is 13.1. The highest BCUT2D eigenvalue weighted by Gasteiger charge is 2.02. The van der Waals surface area contributed by atoms with Crippen molar-refractivity contribution >= 4 is 11.6 Å². The van der Waals surface area contributed by atoms with Gasteiger partial charge in [0.2, 0.25) is 0 Å². The standard InChI is InChI=1S/C15H15ClFN/c1-18(10-12-5-7-14(16)8-6-12)11-13-3-2-4-15(17)9-13/h2-9H,10-11H2,1H3. The fraction of sp³-hybridized carbons (Fsp3) is 0.200. The third-order valence-corrected chi connectivity index (χ3v) is 2.96. The first kappa shape index (κ1) is 13.1. The summed E-state index contributed by atoms with van der Waals surface area (Å²) >= 11 is 5.84. The minimum atomic E-state index is -0.188. The van der Waals surface area contributed by atoms with Gasteiger partial charge in [0.25, 0.3) is 0 Å². The van der Waals surface area contributed by atoms with Crippen molar-refractivity contribution in [2.75, 3.05) is 7.05 Å². The van der Waals surface area contributed by atoms with Crippen LogP contribution in [0.2, 0.25) is 5.02 Å². The zero-order chi connectivity index (χ0) is 13.0. The predicted molar refractivity (Wildman–Crippen MR) is 73.0 cm³/mol. The summed E-state index contributed by atoms with van der Waals surface area (Å²) in [5.41, 5.74) is 2.17. The number of benzene rings is 2. The average Bonchev–Trinajstić information content (AvgIpc) is 2.32. The summed E-state index contributed by atoms with van der Waals surface area (Å²) in [5, 5.41) is 0.742. The van der Waals surface area contributed by atoms with Crippen LogP contribution in [0.5, 0.6) is 0 Å². The Morgan fingerprint density at radius 1 is 1.00 bits per heavy atom. The normalized spacial score (nSPS) is 10.9. The largest absolute Gasteiger partial charge is 0.298 e. The Labute approximate surface area is 112 Å². The van der Waals surface area contributed by atoms with Gasteiger partial charge in [-0.05, 0) is 42.4 Å². The van der Waals surface area contributed by atoms with E-state index in [1.165, 1.54) is 11.6 Å². The van der Waals surface area contributed by atoms with Crippen molar-refractivity contribution in [3.8, 4) is 0 Å². The molecule has 0 heterocycles. The first-order chi connectivity index (χ1) is 8.63. The molecule has 0 atom stereocenters. The third kappa shape index (κ3) is 3.83. The average molecular weight is 264 g/mol. The molecule has 2 rings (SSSR count). The minimum Gasteiger partial charge on any atom is -0.298 e. The molecule has 0 bridgehead atoms. The molecule has 0 saturated carbocycles. The highest BCUT2D eigenvalue weighted by Crippen LogP contribution is 2.12. The van der Waals surface area contributed by atoms with Gasteiger partial charge in [0, 0.05) is 18.1 Å². The first-order valence-corrected chi connectivity index (χ1v) is 6.19. The van der Waals surface area contributed by atoms with Gasteiger partial charge in [-0.25, -0.2) is 4.39 Å². The molecule has 18 heavy (non-hydrogen) atoms. The van der Waals surface area contributed by atoms with Crippen LogP contribution in [0.4, 0.5) is 4.39 Å². The minimum absolute atomic E-state index is 0.188. The molecule has 2 aromatic rings. The van der Waals surface area contributed by atoms with E-state index in [1.807, 2.05) is 37.4 Å². The molecule has 3 heteroatoms. The highest BCUT2D eigenvalue weighted by molar-refractivity contribution is 6.30. The van der Waals surface area contributed by atoms with Gasteiger partial charge in [-0.2, -0.15) is 0 Å². The number of hydrogen-bond donors (Lipinski definition) is 0. The van der Waals surface area contributed by atoms with Crippen molar-refractivity contribution in [2.45, 2.75) is 13.1 Å². The van der Waals surface area contributed by atoms with Gasteiger partial charge in [-0.1, -0.05) is 35.9 Å². The number of rotatable bonds is 4.